The van der Waals surface area contributed by atoms with Gasteiger partial charge in [0, 0.05) is 23.7 Å². The highest BCUT2D eigenvalue weighted by Gasteiger charge is 2.33. The van der Waals surface area contributed by atoms with Gasteiger partial charge in [0.05, 0.1) is 12.1 Å². The van der Waals surface area contributed by atoms with E-state index in [0.717, 1.165) is 29.4 Å². The number of hydrogen-bond donors (Lipinski definition) is 2. The number of hydrogen-bond acceptors (Lipinski definition) is 3. The van der Waals surface area contributed by atoms with Crippen LogP contribution in [0, 0.1) is 6.92 Å². The number of amides is 1. The Kier molecular flexibility index (Phi) is 5.18. The number of aryl methyl sites for hydroxylation is 1. The molecule has 0 saturated carbocycles. The van der Waals surface area contributed by atoms with E-state index in [1.807, 2.05) is 25.1 Å². The van der Waals surface area contributed by atoms with Crippen LogP contribution in [0.3, 0.4) is 0 Å². The molecule has 1 aliphatic rings. The lowest BCUT2D eigenvalue weighted by atomic mass is 9.98. The van der Waals surface area contributed by atoms with Gasteiger partial charge in [0.2, 0.25) is 0 Å². The summed E-state index contributed by atoms with van der Waals surface area (Å²) in [5, 5.41) is 6.46. The van der Waals surface area contributed by atoms with Gasteiger partial charge in [-0.15, -0.1) is 0 Å². The average molecular weight is 341 g/mol. The van der Waals surface area contributed by atoms with Crippen molar-refractivity contribution in [2.45, 2.75) is 25.3 Å². The number of rotatable bonds is 5. The molecule has 0 radical (unpaired) electrons. The minimum absolute atomic E-state index is 0.0464. The van der Waals surface area contributed by atoms with Crippen LogP contribution in [0.2, 0.25) is 0 Å². The second kappa shape index (κ2) is 6.70. The first-order chi connectivity index (χ1) is 9.56. The second-order valence-electron chi connectivity index (χ2n) is 5.39. The van der Waals surface area contributed by atoms with E-state index in [1.165, 1.54) is 0 Å². The third-order valence-electron chi connectivity index (χ3n) is 3.77. The van der Waals surface area contributed by atoms with Gasteiger partial charge in [0.15, 0.2) is 0 Å². The van der Waals surface area contributed by atoms with E-state index in [1.54, 1.807) is 7.11 Å². The van der Waals surface area contributed by atoms with E-state index in [-0.39, 0.29) is 11.4 Å². The summed E-state index contributed by atoms with van der Waals surface area (Å²) < 4.78 is 6.24. The van der Waals surface area contributed by atoms with Gasteiger partial charge in [0.1, 0.15) is 0 Å². The molecule has 1 atom stereocenters. The molecule has 2 rings (SSSR count). The van der Waals surface area contributed by atoms with Gasteiger partial charge in [0.25, 0.3) is 5.91 Å². The summed E-state index contributed by atoms with van der Waals surface area (Å²) in [6.07, 6.45) is 2.15. The molecule has 0 aromatic heterocycles. The van der Waals surface area contributed by atoms with E-state index < -0.39 is 0 Å². The average Bonchev–Trinajstić information content (AvgIpc) is 2.89. The van der Waals surface area contributed by atoms with Gasteiger partial charge >= 0.3 is 0 Å². The van der Waals surface area contributed by atoms with Gasteiger partial charge in [-0.25, -0.2) is 0 Å². The van der Waals surface area contributed by atoms with Gasteiger partial charge in [-0.05, 0) is 44.0 Å². The van der Waals surface area contributed by atoms with Crippen LogP contribution in [0.4, 0.5) is 0 Å². The van der Waals surface area contributed by atoms with E-state index in [4.69, 9.17) is 4.74 Å². The largest absolute Gasteiger partial charge is 0.383 e. The Morgan fingerprint density at radius 2 is 2.35 bits per heavy atom. The monoisotopic (exact) mass is 340 g/mol. The molecule has 20 heavy (non-hydrogen) atoms. The SMILES string of the molecule is COCC1(CNC(=O)c2ccc(C)c(Br)c2)CCCN1. The molecule has 110 valence electrons. The molecule has 1 aromatic rings. The number of benzene rings is 1. The molecule has 4 nitrogen and oxygen atoms in total. The Labute approximate surface area is 128 Å². The number of ether oxygens (including phenoxy) is 1. The predicted octanol–water partition coefficient (Wildman–Crippen LogP) is 2.26. The lowest BCUT2D eigenvalue weighted by Gasteiger charge is -2.29. The molecular weight excluding hydrogens is 320 g/mol. The lowest BCUT2D eigenvalue weighted by Crippen LogP contribution is -2.53. The molecule has 0 bridgehead atoms. The number of nitrogens with one attached hydrogen (secondary N) is 2. The topological polar surface area (TPSA) is 50.4 Å². The summed E-state index contributed by atoms with van der Waals surface area (Å²) in [5.41, 5.74) is 1.68. The van der Waals surface area contributed by atoms with Crippen LogP contribution in [0.1, 0.15) is 28.8 Å². The van der Waals surface area contributed by atoms with Crippen molar-refractivity contribution in [1.82, 2.24) is 10.6 Å². The molecule has 1 heterocycles. The quantitative estimate of drug-likeness (QED) is 0.864. The second-order valence-corrected chi connectivity index (χ2v) is 6.24. The first-order valence-electron chi connectivity index (χ1n) is 6.85. The lowest BCUT2D eigenvalue weighted by molar-refractivity contribution is 0.0892. The zero-order valence-electron chi connectivity index (χ0n) is 12.0. The summed E-state index contributed by atoms with van der Waals surface area (Å²) in [5.74, 6) is -0.0464. The van der Waals surface area contributed by atoms with Gasteiger partial charge in [-0.3, -0.25) is 4.79 Å². The highest BCUT2D eigenvalue weighted by molar-refractivity contribution is 9.10. The number of carbonyl (C=O) groups excluding carboxylic acids is 1. The maximum Gasteiger partial charge on any atom is 0.251 e. The molecule has 1 amide bonds. The number of halogens is 1. The Morgan fingerprint density at radius 3 is 2.95 bits per heavy atom. The van der Waals surface area contributed by atoms with Crippen molar-refractivity contribution in [2.24, 2.45) is 0 Å². The highest BCUT2D eigenvalue weighted by Crippen LogP contribution is 2.20. The Morgan fingerprint density at radius 1 is 1.55 bits per heavy atom. The van der Waals surface area contributed by atoms with E-state index in [9.17, 15) is 4.79 Å². The Bertz CT molecular complexity index is 485. The van der Waals surface area contributed by atoms with Crippen molar-refractivity contribution < 1.29 is 9.53 Å². The van der Waals surface area contributed by atoms with Crippen LogP contribution in [-0.4, -0.2) is 38.3 Å². The fourth-order valence-corrected chi connectivity index (χ4v) is 2.93. The fraction of sp³-hybridized carbons (Fsp3) is 0.533. The van der Waals surface area contributed by atoms with E-state index >= 15 is 0 Å². The molecule has 0 aliphatic carbocycles. The normalized spacial score (nSPS) is 21.9. The van der Waals surface area contributed by atoms with Crippen LogP contribution >= 0.6 is 15.9 Å². The number of methoxy groups -OCH3 is 1. The van der Waals surface area contributed by atoms with Crippen LogP contribution in [0.25, 0.3) is 0 Å². The summed E-state index contributed by atoms with van der Waals surface area (Å²) >= 11 is 3.45. The summed E-state index contributed by atoms with van der Waals surface area (Å²) in [6, 6.07) is 5.65. The van der Waals surface area contributed by atoms with Crippen molar-refractivity contribution in [3.05, 3.63) is 33.8 Å². The smallest absolute Gasteiger partial charge is 0.251 e. The summed E-state index contributed by atoms with van der Waals surface area (Å²) in [4.78, 5) is 12.2. The molecule has 0 spiro atoms. The van der Waals surface area contributed by atoms with Crippen LogP contribution in [0.15, 0.2) is 22.7 Å². The Hall–Kier alpha value is -0.910. The van der Waals surface area contributed by atoms with Crippen LogP contribution in [-0.2, 0) is 4.74 Å². The first-order valence-corrected chi connectivity index (χ1v) is 7.64. The van der Waals surface area contributed by atoms with Crippen molar-refractivity contribution in [1.29, 1.82) is 0 Å². The molecule has 1 unspecified atom stereocenters. The predicted molar refractivity (Wildman–Crippen MR) is 83.1 cm³/mol. The highest BCUT2D eigenvalue weighted by atomic mass is 79.9. The minimum Gasteiger partial charge on any atom is -0.383 e. The minimum atomic E-state index is -0.119. The van der Waals surface area contributed by atoms with Crippen molar-refractivity contribution in [3.63, 3.8) is 0 Å². The van der Waals surface area contributed by atoms with Crippen molar-refractivity contribution in [3.8, 4) is 0 Å². The zero-order chi connectivity index (χ0) is 14.6. The van der Waals surface area contributed by atoms with E-state index in [0.29, 0.717) is 18.7 Å². The maximum absolute atomic E-state index is 12.2. The number of carbonyl (C=O) groups is 1. The van der Waals surface area contributed by atoms with Gasteiger partial charge in [-0.1, -0.05) is 22.0 Å². The Balaban J connectivity index is 1.98. The van der Waals surface area contributed by atoms with E-state index in [2.05, 4.69) is 26.6 Å². The zero-order valence-corrected chi connectivity index (χ0v) is 13.5. The molecule has 1 aliphatic heterocycles. The molecule has 1 saturated heterocycles. The van der Waals surface area contributed by atoms with Crippen LogP contribution < -0.4 is 10.6 Å². The first kappa shape index (κ1) is 15.5. The van der Waals surface area contributed by atoms with Crippen LogP contribution in [0.5, 0.6) is 0 Å². The molecular formula is C15H21BrN2O2. The molecule has 1 aromatic carbocycles. The fourth-order valence-electron chi connectivity index (χ4n) is 2.56. The van der Waals surface area contributed by atoms with Crippen molar-refractivity contribution in [2.75, 3.05) is 26.8 Å². The molecule has 2 N–H and O–H groups in total. The van der Waals surface area contributed by atoms with Gasteiger partial charge in [-0.2, -0.15) is 0 Å². The maximum atomic E-state index is 12.2. The summed E-state index contributed by atoms with van der Waals surface area (Å²) in [6.45, 7) is 4.19. The molecule has 5 heteroatoms. The van der Waals surface area contributed by atoms with Crippen molar-refractivity contribution >= 4 is 21.8 Å². The molecule has 1 fully saturated rings. The van der Waals surface area contributed by atoms with Gasteiger partial charge < -0.3 is 15.4 Å². The summed E-state index contributed by atoms with van der Waals surface area (Å²) in [7, 11) is 1.70. The standard InChI is InChI=1S/C15H21BrN2O2/c1-11-4-5-12(8-13(11)16)14(19)17-9-15(10-20-2)6-3-7-18-15/h4-5,8,18H,3,6-7,9-10H2,1-2H3,(H,17,19). The third-order valence-corrected chi connectivity index (χ3v) is 4.63. The third kappa shape index (κ3) is 3.59.